The van der Waals surface area contributed by atoms with Crippen LogP contribution in [0.4, 0.5) is 4.39 Å². The number of benzene rings is 1. The number of nitriles is 1. The van der Waals surface area contributed by atoms with Gasteiger partial charge in [-0.3, -0.25) is 9.59 Å². The van der Waals surface area contributed by atoms with E-state index in [1.807, 2.05) is 26.8 Å². The molecule has 0 radical (unpaired) electrons. The van der Waals surface area contributed by atoms with Gasteiger partial charge in [0, 0.05) is 5.54 Å². The standard InChI is InChI=1S/C19H25FN2O4/c1-12(14(11-21)18(25)22-19(2,3)4)9-13-5-6-15(20)16(10-13)26-8-7-17(23)24/h5-6,10,12,14H,7-9H2,1-4H3,(H,22,25)(H,23,24). The number of amides is 1. The highest BCUT2D eigenvalue weighted by Crippen LogP contribution is 2.24. The van der Waals surface area contributed by atoms with Crippen molar-refractivity contribution in [1.29, 1.82) is 5.26 Å². The fourth-order valence-corrected chi connectivity index (χ4v) is 2.41. The van der Waals surface area contributed by atoms with Crippen LogP contribution in [0.5, 0.6) is 5.75 Å². The van der Waals surface area contributed by atoms with Crippen LogP contribution in [0.25, 0.3) is 0 Å². The smallest absolute Gasteiger partial charge is 0.306 e. The van der Waals surface area contributed by atoms with Crippen molar-refractivity contribution in [1.82, 2.24) is 5.32 Å². The average molecular weight is 364 g/mol. The fourth-order valence-electron chi connectivity index (χ4n) is 2.41. The molecule has 1 rings (SSSR count). The van der Waals surface area contributed by atoms with Crippen LogP contribution >= 0.6 is 0 Å². The third-order valence-corrected chi connectivity index (χ3v) is 3.62. The van der Waals surface area contributed by atoms with Gasteiger partial charge in [-0.25, -0.2) is 4.39 Å². The van der Waals surface area contributed by atoms with Crippen molar-refractivity contribution in [2.45, 2.75) is 46.1 Å². The Morgan fingerprint density at radius 2 is 2.04 bits per heavy atom. The summed E-state index contributed by atoms with van der Waals surface area (Å²) in [6.07, 6.45) is 0.148. The van der Waals surface area contributed by atoms with E-state index in [9.17, 15) is 19.2 Å². The first-order valence-electron chi connectivity index (χ1n) is 8.38. The van der Waals surface area contributed by atoms with Crippen LogP contribution in [-0.2, 0) is 16.0 Å². The van der Waals surface area contributed by atoms with Gasteiger partial charge in [0.2, 0.25) is 5.91 Å². The molecule has 1 aromatic carbocycles. The first kappa shape index (κ1) is 21.4. The van der Waals surface area contributed by atoms with Gasteiger partial charge in [-0.15, -0.1) is 0 Å². The molecule has 0 saturated heterocycles. The van der Waals surface area contributed by atoms with E-state index < -0.39 is 23.2 Å². The van der Waals surface area contributed by atoms with E-state index in [2.05, 4.69) is 5.32 Å². The van der Waals surface area contributed by atoms with Crippen LogP contribution in [0.3, 0.4) is 0 Å². The molecule has 2 atom stereocenters. The molecule has 0 aliphatic rings. The van der Waals surface area contributed by atoms with Gasteiger partial charge in [0.15, 0.2) is 11.6 Å². The Bertz CT molecular complexity index is 692. The zero-order valence-electron chi connectivity index (χ0n) is 15.5. The van der Waals surface area contributed by atoms with Gasteiger partial charge in [0.05, 0.1) is 19.1 Å². The summed E-state index contributed by atoms with van der Waals surface area (Å²) in [4.78, 5) is 22.8. The minimum absolute atomic E-state index is 0.0383. The summed E-state index contributed by atoms with van der Waals surface area (Å²) >= 11 is 0. The fraction of sp³-hybridized carbons (Fsp3) is 0.526. The van der Waals surface area contributed by atoms with Crippen molar-refractivity contribution < 1.29 is 23.8 Å². The summed E-state index contributed by atoms with van der Waals surface area (Å²) < 4.78 is 19.0. The number of carboxylic acids is 1. The minimum Gasteiger partial charge on any atom is -0.490 e. The zero-order chi connectivity index (χ0) is 19.9. The molecule has 0 aliphatic carbocycles. The molecule has 0 saturated carbocycles. The SMILES string of the molecule is CC(Cc1ccc(F)c(OCCC(=O)O)c1)C(C#N)C(=O)NC(C)(C)C. The van der Waals surface area contributed by atoms with Crippen molar-refractivity contribution in [2.24, 2.45) is 11.8 Å². The van der Waals surface area contributed by atoms with Crippen molar-refractivity contribution in [3.05, 3.63) is 29.6 Å². The largest absolute Gasteiger partial charge is 0.490 e. The normalized spacial score (nSPS) is 13.4. The first-order chi connectivity index (χ1) is 12.0. The lowest BCUT2D eigenvalue weighted by molar-refractivity contribution is -0.137. The molecular weight excluding hydrogens is 339 g/mol. The molecule has 0 heterocycles. The Balaban J connectivity index is 2.81. The van der Waals surface area contributed by atoms with E-state index >= 15 is 0 Å². The van der Waals surface area contributed by atoms with Gasteiger partial charge in [0.1, 0.15) is 5.92 Å². The summed E-state index contributed by atoms with van der Waals surface area (Å²) in [6.45, 7) is 7.16. The van der Waals surface area contributed by atoms with E-state index in [-0.39, 0.29) is 30.6 Å². The maximum absolute atomic E-state index is 13.8. The molecule has 0 fully saturated rings. The molecule has 0 bridgehead atoms. The van der Waals surface area contributed by atoms with E-state index in [1.54, 1.807) is 13.0 Å². The molecule has 2 N–H and O–H groups in total. The van der Waals surface area contributed by atoms with Crippen LogP contribution in [0.2, 0.25) is 0 Å². The maximum atomic E-state index is 13.8. The van der Waals surface area contributed by atoms with Gasteiger partial charge >= 0.3 is 5.97 Å². The molecule has 26 heavy (non-hydrogen) atoms. The lowest BCUT2D eigenvalue weighted by Crippen LogP contribution is -2.45. The second-order valence-electron chi connectivity index (χ2n) is 7.28. The third-order valence-electron chi connectivity index (χ3n) is 3.62. The maximum Gasteiger partial charge on any atom is 0.306 e. The van der Waals surface area contributed by atoms with Crippen molar-refractivity contribution in [3.8, 4) is 11.8 Å². The highest BCUT2D eigenvalue weighted by atomic mass is 19.1. The molecule has 6 nitrogen and oxygen atoms in total. The van der Waals surface area contributed by atoms with E-state index in [4.69, 9.17) is 9.84 Å². The van der Waals surface area contributed by atoms with Gasteiger partial charge in [-0.1, -0.05) is 13.0 Å². The summed E-state index contributed by atoms with van der Waals surface area (Å²) in [5.41, 5.74) is 0.264. The Kier molecular flexibility index (Phi) is 7.56. The molecular formula is C19H25FN2O4. The van der Waals surface area contributed by atoms with Crippen LogP contribution < -0.4 is 10.1 Å². The quantitative estimate of drug-likeness (QED) is 0.739. The van der Waals surface area contributed by atoms with Gasteiger partial charge in [0.25, 0.3) is 0 Å². The number of ether oxygens (including phenoxy) is 1. The van der Waals surface area contributed by atoms with Gasteiger partial charge in [-0.2, -0.15) is 5.26 Å². The second-order valence-corrected chi connectivity index (χ2v) is 7.28. The number of hydrogen-bond donors (Lipinski definition) is 2. The average Bonchev–Trinajstić information content (AvgIpc) is 2.48. The van der Waals surface area contributed by atoms with E-state index in [0.29, 0.717) is 12.0 Å². The lowest BCUT2D eigenvalue weighted by Gasteiger charge is -2.25. The number of carboxylic acid groups (broad SMARTS) is 1. The third kappa shape index (κ3) is 7.09. The number of carbonyl (C=O) groups is 2. The number of nitrogens with zero attached hydrogens (tertiary/aromatic N) is 1. The number of rotatable bonds is 8. The minimum atomic E-state index is -1.03. The zero-order valence-corrected chi connectivity index (χ0v) is 15.5. The van der Waals surface area contributed by atoms with Crippen molar-refractivity contribution in [2.75, 3.05) is 6.61 Å². The van der Waals surface area contributed by atoms with E-state index in [0.717, 1.165) is 0 Å². The predicted octanol–water partition coefficient (Wildman–Crippen LogP) is 2.91. The number of nitrogens with one attached hydrogen (secondary N) is 1. The summed E-state index contributed by atoms with van der Waals surface area (Å²) in [7, 11) is 0. The molecule has 142 valence electrons. The summed E-state index contributed by atoms with van der Waals surface area (Å²) in [6, 6.07) is 6.30. The molecule has 1 aromatic rings. The van der Waals surface area contributed by atoms with Gasteiger partial charge in [-0.05, 0) is 50.8 Å². The Morgan fingerprint density at radius 1 is 1.38 bits per heavy atom. The van der Waals surface area contributed by atoms with Crippen LogP contribution in [-0.4, -0.2) is 29.1 Å². The highest BCUT2D eigenvalue weighted by molar-refractivity contribution is 5.82. The molecule has 0 aliphatic heterocycles. The number of aliphatic carboxylic acids is 1. The Hall–Kier alpha value is -2.62. The molecule has 7 heteroatoms. The number of halogens is 1. The molecule has 0 spiro atoms. The van der Waals surface area contributed by atoms with Crippen molar-refractivity contribution in [3.63, 3.8) is 0 Å². The van der Waals surface area contributed by atoms with Crippen LogP contribution in [0.15, 0.2) is 18.2 Å². The molecule has 2 unspecified atom stereocenters. The topological polar surface area (TPSA) is 99.4 Å². The van der Waals surface area contributed by atoms with E-state index in [1.165, 1.54) is 12.1 Å². The van der Waals surface area contributed by atoms with Gasteiger partial charge < -0.3 is 15.2 Å². The lowest BCUT2D eigenvalue weighted by atomic mass is 9.88. The van der Waals surface area contributed by atoms with Crippen molar-refractivity contribution >= 4 is 11.9 Å². The molecule has 0 aromatic heterocycles. The van der Waals surface area contributed by atoms with Crippen LogP contribution in [0, 0.1) is 29.0 Å². The summed E-state index contributed by atoms with van der Waals surface area (Å²) in [5, 5.41) is 20.8. The monoisotopic (exact) mass is 364 g/mol. The highest BCUT2D eigenvalue weighted by Gasteiger charge is 2.28. The van der Waals surface area contributed by atoms with Crippen LogP contribution in [0.1, 0.15) is 39.7 Å². The Morgan fingerprint density at radius 3 is 2.58 bits per heavy atom. The Labute approximate surface area is 153 Å². The summed E-state index contributed by atoms with van der Waals surface area (Å²) in [5.74, 6) is -3.13. The number of hydrogen-bond acceptors (Lipinski definition) is 4. The first-order valence-corrected chi connectivity index (χ1v) is 8.38. The molecule has 1 amide bonds. The second kappa shape index (κ2) is 9.18. The number of carbonyl (C=O) groups excluding carboxylic acids is 1. The predicted molar refractivity (Wildman–Crippen MR) is 94.0 cm³/mol.